The first kappa shape index (κ1) is 17.1. The van der Waals surface area contributed by atoms with E-state index in [1.165, 1.54) is 5.01 Å². The molecular weight excluding hydrogens is 324 g/mol. The van der Waals surface area contributed by atoms with Crippen LogP contribution in [0.4, 0.5) is 10.5 Å². The number of rotatable bonds is 5. The van der Waals surface area contributed by atoms with E-state index in [1.807, 2.05) is 91.0 Å². The van der Waals surface area contributed by atoms with Crippen LogP contribution in [0.2, 0.25) is 0 Å². The van der Waals surface area contributed by atoms with E-state index in [1.54, 1.807) is 12.4 Å². The Hall–Kier alpha value is -3.73. The van der Waals surface area contributed by atoms with Gasteiger partial charge in [0.05, 0.1) is 18.1 Å². The van der Waals surface area contributed by atoms with Gasteiger partial charge in [0.2, 0.25) is 0 Å². The number of carbonyl (C=O) groups is 1. The van der Waals surface area contributed by atoms with Crippen molar-refractivity contribution in [2.24, 2.45) is 10.2 Å². The number of nitrogens with one attached hydrogen (secondary N) is 1. The molecule has 0 aliphatic heterocycles. The topological polar surface area (TPSA) is 57.1 Å². The minimum Gasteiger partial charge on any atom is -0.244 e. The minimum atomic E-state index is -0.449. The van der Waals surface area contributed by atoms with Crippen molar-refractivity contribution in [1.82, 2.24) is 5.43 Å². The second kappa shape index (κ2) is 8.94. The Morgan fingerprint density at radius 3 is 1.81 bits per heavy atom. The molecule has 0 radical (unpaired) electrons. The average Bonchev–Trinajstić information content (AvgIpc) is 2.70. The minimum absolute atomic E-state index is 0.449. The number of carbonyl (C=O) groups excluding carboxylic acids is 1. The Balaban J connectivity index is 1.75. The summed E-state index contributed by atoms with van der Waals surface area (Å²) in [5, 5.41) is 9.59. The number of hydrogen-bond acceptors (Lipinski definition) is 3. The highest BCUT2D eigenvalue weighted by Crippen LogP contribution is 2.14. The van der Waals surface area contributed by atoms with E-state index in [0.29, 0.717) is 5.69 Å². The lowest BCUT2D eigenvalue weighted by atomic mass is 10.2. The molecule has 0 spiro atoms. The third-order valence-corrected chi connectivity index (χ3v) is 3.49. The molecule has 0 heterocycles. The van der Waals surface area contributed by atoms with Gasteiger partial charge in [-0.3, -0.25) is 0 Å². The van der Waals surface area contributed by atoms with Gasteiger partial charge in [-0.2, -0.15) is 15.2 Å². The monoisotopic (exact) mass is 342 g/mol. The van der Waals surface area contributed by atoms with E-state index in [2.05, 4.69) is 15.6 Å². The van der Waals surface area contributed by atoms with Gasteiger partial charge in [-0.1, -0.05) is 78.9 Å². The van der Waals surface area contributed by atoms with E-state index >= 15 is 0 Å². The summed E-state index contributed by atoms with van der Waals surface area (Å²) in [4.78, 5) is 12.5. The third-order valence-electron chi connectivity index (χ3n) is 3.49. The van der Waals surface area contributed by atoms with Crippen LogP contribution in [0.1, 0.15) is 11.1 Å². The van der Waals surface area contributed by atoms with Gasteiger partial charge in [-0.05, 0) is 23.3 Å². The number of benzene rings is 3. The fourth-order valence-corrected chi connectivity index (χ4v) is 2.22. The molecule has 3 aromatic carbocycles. The first-order valence-corrected chi connectivity index (χ1v) is 8.15. The quantitative estimate of drug-likeness (QED) is 0.546. The Kier molecular flexibility index (Phi) is 5.88. The third kappa shape index (κ3) is 4.88. The summed E-state index contributed by atoms with van der Waals surface area (Å²) in [6.45, 7) is 0. The summed E-state index contributed by atoms with van der Waals surface area (Å²) < 4.78 is 0. The zero-order valence-corrected chi connectivity index (χ0v) is 14.1. The Bertz CT molecular complexity index is 878. The first-order chi connectivity index (χ1) is 12.8. The lowest BCUT2D eigenvalue weighted by molar-refractivity contribution is 0.247. The highest BCUT2D eigenvalue weighted by Gasteiger charge is 2.13. The van der Waals surface area contributed by atoms with Crippen molar-refractivity contribution < 1.29 is 4.79 Å². The van der Waals surface area contributed by atoms with Gasteiger partial charge in [-0.15, -0.1) is 0 Å². The van der Waals surface area contributed by atoms with Crippen LogP contribution in [-0.2, 0) is 0 Å². The molecule has 0 aliphatic carbocycles. The van der Waals surface area contributed by atoms with Crippen molar-refractivity contribution in [3.63, 3.8) is 0 Å². The maximum absolute atomic E-state index is 12.5. The van der Waals surface area contributed by atoms with Gasteiger partial charge in [0, 0.05) is 0 Å². The van der Waals surface area contributed by atoms with E-state index in [4.69, 9.17) is 0 Å². The van der Waals surface area contributed by atoms with Crippen molar-refractivity contribution >= 4 is 24.1 Å². The summed E-state index contributed by atoms with van der Waals surface area (Å²) in [5.74, 6) is 0. The molecule has 128 valence electrons. The Morgan fingerprint density at radius 2 is 1.23 bits per heavy atom. The fourth-order valence-electron chi connectivity index (χ4n) is 2.22. The molecule has 3 rings (SSSR count). The highest BCUT2D eigenvalue weighted by atomic mass is 16.2. The van der Waals surface area contributed by atoms with Gasteiger partial charge >= 0.3 is 6.03 Å². The van der Waals surface area contributed by atoms with Gasteiger partial charge in [0.15, 0.2) is 0 Å². The number of hydrazone groups is 2. The molecule has 1 N–H and O–H groups in total. The van der Waals surface area contributed by atoms with E-state index in [-0.39, 0.29) is 0 Å². The number of nitrogens with zero attached hydrogens (tertiary/aromatic N) is 3. The van der Waals surface area contributed by atoms with Gasteiger partial charge in [0.1, 0.15) is 0 Å². The molecule has 0 aromatic heterocycles. The second-order valence-electron chi connectivity index (χ2n) is 5.39. The molecule has 26 heavy (non-hydrogen) atoms. The van der Waals surface area contributed by atoms with Crippen LogP contribution in [0, 0.1) is 0 Å². The van der Waals surface area contributed by atoms with Crippen LogP contribution in [0.5, 0.6) is 0 Å². The highest BCUT2D eigenvalue weighted by molar-refractivity contribution is 5.94. The smallest absolute Gasteiger partial charge is 0.244 e. The largest absolute Gasteiger partial charge is 0.362 e. The van der Waals surface area contributed by atoms with Crippen molar-refractivity contribution in [3.8, 4) is 0 Å². The molecule has 0 fully saturated rings. The molecule has 3 aromatic rings. The molecule has 5 heteroatoms. The number of para-hydroxylation sites is 1. The predicted molar refractivity (Wildman–Crippen MR) is 106 cm³/mol. The lowest BCUT2D eigenvalue weighted by Crippen LogP contribution is -2.33. The van der Waals surface area contributed by atoms with Crippen LogP contribution in [0.25, 0.3) is 0 Å². The fraction of sp³-hybridized carbons (Fsp3) is 0. The molecule has 0 bridgehead atoms. The summed E-state index contributed by atoms with van der Waals surface area (Å²) in [6, 6.07) is 27.9. The van der Waals surface area contributed by atoms with Crippen molar-refractivity contribution in [2.45, 2.75) is 0 Å². The van der Waals surface area contributed by atoms with Gasteiger partial charge in [-0.25, -0.2) is 10.2 Å². The molecule has 0 saturated carbocycles. The van der Waals surface area contributed by atoms with Gasteiger partial charge in [0.25, 0.3) is 0 Å². The van der Waals surface area contributed by atoms with Crippen LogP contribution in [-0.4, -0.2) is 18.5 Å². The zero-order valence-electron chi connectivity index (χ0n) is 14.1. The normalized spacial score (nSPS) is 10.9. The molecular formula is C21H18N4O. The zero-order chi connectivity index (χ0) is 18.0. The van der Waals surface area contributed by atoms with E-state index < -0.39 is 6.03 Å². The number of urea groups is 1. The van der Waals surface area contributed by atoms with Crippen molar-refractivity contribution in [2.75, 3.05) is 5.01 Å². The second-order valence-corrected chi connectivity index (χ2v) is 5.39. The van der Waals surface area contributed by atoms with E-state index in [9.17, 15) is 4.79 Å². The standard InChI is InChI=1S/C21H18N4O/c26-21(24-22-16-18-10-4-1-5-11-18)25(20-14-8-3-9-15-20)23-17-19-12-6-2-7-13-19/h1-17H,(H,24,26). The van der Waals surface area contributed by atoms with Crippen LogP contribution in [0.15, 0.2) is 101 Å². The SMILES string of the molecule is O=C(NN=Cc1ccccc1)N(N=Cc1ccccc1)c1ccccc1. The summed E-state index contributed by atoms with van der Waals surface area (Å²) >= 11 is 0. The maximum Gasteiger partial charge on any atom is 0.362 e. The van der Waals surface area contributed by atoms with Gasteiger partial charge < -0.3 is 0 Å². The summed E-state index contributed by atoms with van der Waals surface area (Å²) in [6.07, 6.45) is 3.22. The average molecular weight is 342 g/mol. The number of hydrogen-bond donors (Lipinski definition) is 1. The molecule has 0 aliphatic rings. The Labute approximate surface area is 152 Å². The van der Waals surface area contributed by atoms with Crippen LogP contribution < -0.4 is 10.4 Å². The summed E-state index contributed by atoms with van der Waals surface area (Å²) in [7, 11) is 0. The van der Waals surface area contributed by atoms with E-state index in [0.717, 1.165) is 11.1 Å². The van der Waals surface area contributed by atoms with Crippen molar-refractivity contribution in [3.05, 3.63) is 102 Å². The van der Waals surface area contributed by atoms with Crippen molar-refractivity contribution in [1.29, 1.82) is 0 Å². The molecule has 0 atom stereocenters. The number of anilines is 1. The molecule has 0 saturated heterocycles. The maximum atomic E-state index is 12.5. The van der Waals surface area contributed by atoms with Crippen LogP contribution >= 0.6 is 0 Å². The number of amides is 2. The Morgan fingerprint density at radius 1 is 0.731 bits per heavy atom. The predicted octanol–water partition coefficient (Wildman–Crippen LogP) is 4.27. The molecule has 5 nitrogen and oxygen atoms in total. The molecule has 0 unspecified atom stereocenters. The summed E-state index contributed by atoms with van der Waals surface area (Å²) in [5.41, 5.74) is 4.95. The lowest BCUT2D eigenvalue weighted by Gasteiger charge is -2.16. The van der Waals surface area contributed by atoms with Crippen LogP contribution in [0.3, 0.4) is 0 Å². The molecule has 2 amide bonds. The first-order valence-electron chi connectivity index (χ1n) is 8.15.